The molecule has 3 aromatic rings. The summed E-state index contributed by atoms with van der Waals surface area (Å²) in [5.41, 5.74) is 0.807. The molecule has 0 radical (unpaired) electrons. The fourth-order valence-corrected chi connectivity index (χ4v) is 2.45. The highest BCUT2D eigenvalue weighted by Gasteiger charge is 2.10. The maximum Gasteiger partial charge on any atom is 0.287 e. The minimum Gasteiger partial charge on any atom is -0.258 e. The molecule has 3 rings (SSSR count). The van der Waals surface area contributed by atoms with Crippen molar-refractivity contribution in [3.8, 4) is 11.4 Å². The van der Waals surface area contributed by atoms with Crippen molar-refractivity contribution in [2.45, 2.75) is 10.2 Å². The summed E-state index contributed by atoms with van der Waals surface area (Å²) in [6, 6.07) is 10.2. The number of nitrogens with one attached hydrogen (secondary N) is 1. The van der Waals surface area contributed by atoms with Gasteiger partial charge in [-0.3, -0.25) is 15.2 Å². The number of hydrogen-bond donors (Lipinski definition) is 1. The number of hydrogen-bond acceptors (Lipinski definition) is 6. The van der Waals surface area contributed by atoms with Crippen molar-refractivity contribution in [2.24, 2.45) is 0 Å². The highest BCUT2D eigenvalue weighted by atomic mass is 35.5. The first-order valence-electron chi connectivity index (χ1n) is 6.08. The predicted octanol–water partition coefficient (Wildman–Crippen LogP) is 3.58. The number of halogens is 1. The van der Waals surface area contributed by atoms with E-state index < -0.39 is 4.92 Å². The van der Waals surface area contributed by atoms with Gasteiger partial charge in [-0.2, -0.15) is 0 Å². The van der Waals surface area contributed by atoms with Crippen molar-refractivity contribution >= 4 is 29.1 Å². The highest BCUT2D eigenvalue weighted by molar-refractivity contribution is 7.99. The lowest BCUT2D eigenvalue weighted by atomic mass is 10.2. The molecule has 0 aliphatic carbocycles. The van der Waals surface area contributed by atoms with Crippen molar-refractivity contribution in [3.05, 3.63) is 57.7 Å². The van der Waals surface area contributed by atoms with Crippen LogP contribution < -0.4 is 0 Å². The molecule has 7 nitrogen and oxygen atoms in total. The molecule has 0 unspecified atom stereocenters. The van der Waals surface area contributed by atoms with Crippen LogP contribution in [0.1, 0.15) is 0 Å². The first-order valence-corrected chi connectivity index (χ1v) is 7.28. The van der Waals surface area contributed by atoms with Crippen molar-refractivity contribution in [2.75, 3.05) is 0 Å². The fraction of sp³-hybridized carbons (Fsp3) is 0. The summed E-state index contributed by atoms with van der Waals surface area (Å²) in [6.45, 7) is 0. The molecule has 1 aromatic carbocycles. The second-order valence-electron chi connectivity index (χ2n) is 4.19. The van der Waals surface area contributed by atoms with Gasteiger partial charge in [-0.15, -0.1) is 5.10 Å². The molecule has 0 bridgehead atoms. The Balaban J connectivity index is 1.76. The van der Waals surface area contributed by atoms with E-state index in [9.17, 15) is 10.1 Å². The Morgan fingerprint density at radius 3 is 2.59 bits per heavy atom. The molecular weight excluding hydrogens is 326 g/mol. The standard InChI is InChI=1S/C13H8ClN5O2S/c14-9-3-1-8(2-4-9)12-16-13(18-17-12)22-11-6-5-10(7-15-11)19(20)21/h1-7H,(H,16,17,18). The molecule has 9 heteroatoms. The van der Waals surface area contributed by atoms with Gasteiger partial charge >= 0.3 is 0 Å². The first-order chi connectivity index (χ1) is 10.6. The van der Waals surface area contributed by atoms with Gasteiger partial charge in [-0.1, -0.05) is 11.6 Å². The van der Waals surface area contributed by atoms with Gasteiger partial charge in [0, 0.05) is 16.7 Å². The smallest absolute Gasteiger partial charge is 0.258 e. The van der Waals surface area contributed by atoms with E-state index in [2.05, 4.69) is 20.2 Å². The lowest BCUT2D eigenvalue weighted by Crippen LogP contribution is -1.89. The van der Waals surface area contributed by atoms with Gasteiger partial charge in [0.25, 0.3) is 5.69 Å². The van der Waals surface area contributed by atoms with Crippen LogP contribution in [0.3, 0.4) is 0 Å². The minimum atomic E-state index is -0.493. The molecule has 0 saturated heterocycles. The Labute approximate surface area is 133 Å². The van der Waals surface area contributed by atoms with Crippen LogP contribution in [-0.4, -0.2) is 25.1 Å². The van der Waals surface area contributed by atoms with E-state index in [1.807, 2.05) is 12.1 Å². The number of nitrogens with zero attached hydrogens (tertiary/aromatic N) is 4. The van der Waals surface area contributed by atoms with Crippen LogP contribution in [0.15, 0.2) is 52.8 Å². The van der Waals surface area contributed by atoms with E-state index in [-0.39, 0.29) is 5.69 Å². The van der Waals surface area contributed by atoms with Crippen molar-refractivity contribution in [1.29, 1.82) is 0 Å². The molecule has 22 heavy (non-hydrogen) atoms. The Bertz CT molecular complexity index is 804. The van der Waals surface area contributed by atoms with Crippen molar-refractivity contribution < 1.29 is 4.92 Å². The van der Waals surface area contributed by atoms with Crippen LogP contribution in [0, 0.1) is 10.1 Å². The van der Waals surface area contributed by atoms with Gasteiger partial charge < -0.3 is 0 Å². The van der Waals surface area contributed by atoms with Crippen molar-refractivity contribution in [1.82, 2.24) is 20.2 Å². The first kappa shape index (κ1) is 14.5. The number of aromatic nitrogens is 4. The number of benzene rings is 1. The van der Waals surface area contributed by atoms with Gasteiger partial charge in [-0.05, 0) is 42.1 Å². The largest absolute Gasteiger partial charge is 0.287 e. The molecule has 0 aliphatic heterocycles. The summed E-state index contributed by atoms with van der Waals surface area (Å²) in [5, 5.41) is 19.2. The van der Waals surface area contributed by atoms with Gasteiger partial charge in [0.2, 0.25) is 5.16 Å². The molecule has 0 atom stereocenters. The SMILES string of the molecule is O=[N+]([O-])c1ccc(Sc2n[nH]c(-c3ccc(Cl)cc3)n2)nc1. The predicted molar refractivity (Wildman–Crippen MR) is 81.8 cm³/mol. The quantitative estimate of drug-likeness (QED) is 0.579. The van der Waals surface area contributed by atoms with Gasteiger partial charge in [-0.25, -0.2) is 9.97 Å². The average Bonchev–Trinajstić information content (AvgIpc) is 2.97. The zero-order valence-corrected chi connectivity index (χ0v) is 12.5. The normalized spacial score (nSPS) is 10.6. The molecule has 0 spiro atoms. The van der Waals surface area contributed by atoms with Crippen LogP contribution in [0.25, 0.3) is 11.4 Å². The number of nitro groups is 1. The molecule has 0 amide bonds. The van der Waals surface area contributed by atoms with Crippen LogP contribution >= 0.6 is 23.4 Å². The molecule has 110 valence electrons. The number of pyridine rings is 1. The molecule has 2 aromatic heterocycles. The van der Waals surface area contributed by atoms with Crippen LogP contribution in [-0.2, 0) is 0 Å². The summed E-state index contributed by atoms with van der Waals surface area (Å²) in [5.74, 6) is 0.612. The van der Waals surface area contributed by atoms with E-state index in [1.54, 1.807) is 18.2 Å². The van der Waals surface area contributed by atoms with Crippen molar-refractivity contribution in [3.63, 3.8) is 0 Å². The molecule has 0 saturated carbocycles. The van der Waals surface area contributed by atoms with E-state index in [1.165, 1.54) is 24.0 Å². The van der Waals surface area contributed by atoms with E-state index in [0.717, 1.165) is 5.56 Å². The molecule has 2 heterocycles. The maximum atomic E-state index is 10.6. The molecule has 1 N–H and O–H groups in total. The fourth-order valence-electron chi connectivity index (χ4n) is 1.66. The van der Waals surface area contributed by atoms with E-state index in [0.29, 0.717) is 21.0 Å². The summed E-state index contributed by atoms with van der Waals surface area (Å²) in [7, 11) is 0. The summed E-state index contributed by atoms with van der Waals surface area (Å²) in [4.78, 5) is 18.4. The van der Waals surface area contributed by atoms with Crippen LogP contribution in [0.2, 0.25) is 5.02 Å². The summed E-state index contributed by atoms with van der Waals surface area (Å²) < 4.78 is 0. The molecule has 0 fully saturated rings. The summed E-state index contributed by atoms with van der Waals surface area (Å²) in [6.07, 6.45) is 1.20. The zero-order valence-electron chi connectivity index (χ0n) is 10.9. The lowest BCUT2D eigenvalue weighted by molar-refractivity contribution is -0.385. The third-order valence-corrected chi connectivity index (χ3v) is 3.78. The Hall–Kier alpha value is -2.45. The number of H-pyrrole nitrogens is 1. The Kier molecular flexibility index (Phi) is 4.03. The lowest BCUT2D eigenvalue weighted by Gasteiger charge is -1.96. The highest BCUT2D eigenvalue weighted by Crippen LogP contribution is 2.26. The van der Waals surface area contributed by atoms with Crippen LogP contribution in [0.5, 0.6) is 0 Å². The average molecular weight is 334 g/mol. The Morgan fingerprint density at radius 2 is 1.95 bits per heavy atom. The Morgan fingerprint density at radius 1 is 1.18 bits per heavy atom. The third-order valence-electron chi connectivity index (χ3n) is 2.71. The topological polar surface area (TPSA) is 97.6 Å². The second kappa shape index (κ2) is 6.12. The maximum absolute atomic E-state index is 10.6. The third kappa shape index (κ3) is 3.23. The van der Waals surface area contributed by atoms with Gasteiger partial charge in [0.15, 0.2) is 5.82 Å². The molecular formula is C13H8ClN5O2S. The van der Waals surface area contributed by atoms with Crippen LogP contribution in [0.4, 0.5) is 5.69 Å². The van der Waals surface area contributed by atoms with E-state index in [4.69, 9.17) is 11.6 Å². The summed E-state index contributed by atoms with van der Waals surface area (Å²) >= 11 is 7.05. The number of aromatic amines is 1. The number of rotatable bonds is 4. The molecule has 0 aliphatic rings. The van der Waals surface area contributed by atoms with E-state index >= 15 is 0 Å². The zero-order chi connectivity index (χ0) is 15.5. The monoisotopic (exact) mass is 333 g/mol. The van der Waals surface area contributed by atoms with Gasteiger partial charge in [0.05, 0.1) is 4.92 Å². The second-order valence-corrected chi connectivity index (χ2v) is 5.61. The van der Waals surface area contributed by atoms with Gasteiger partial charge in [0.1, 0.15) is 11.2 Å². The minimum absolute atomic E-state index is 0.0545.